The Kier molecular flexibility index (Phi) is 2.69. The average Bonchev–Trinajstić information content (AvgIpc) is 3.05. The monoisotopic (exact) mass is 247 g/mol. The van der Waals surface area contributed by atoms with E-state index in [0.717, 1.165) is 12.8 Å². The lowest BCUT2D eigenvalue weighted by Gasteiger charge is -2.24. The summed E-state index contributed by atoms with van der Waals surface area (Å²) in [7, 11) is 1.99. The van der Waals surface area contributed by atoms with Gasteiger partial charge < -0.3 is 10.4 Å². The van der Waals surface area contributed by atoms with E-state index in [1.165, 1.54) is 15.6 Å². The highest BCUT2D eigenvalue weighted by Crippen LogP contribution is 2.55. The molecule has 3 heteroatoms. The third kappa shape index (κ3) is 1.69. The van der Waals surface area contributed by atoms with Gasteiger partial charge in [0.05, 0.1) is 6.61 Å². The highest BCUT2D eigenvalue weighted by molar-refractivity contribution is 7.17. The maximum absolute atomic E-state index is 9.59. The van der Waals surface area contributed by atoms with Crippen molar-refractivity contribution in [3.05, 3.63) is 35.2 Å². The van der Waals surface area contributed by atoms with Gasteiger partial charge in [-0.2, -0.15) is 0 Å². The molecule has 2 N–H and O–H groups in total. The SMILES string of the molecule is CNC(c1csc2ccccc12)C1(CO)CC1. The minimum absolute atomic E-state index is 0.0819. The molecule has 0 saturated heterocycles. The predicted octanol–water partition coefficient (Wildman–Crippen LogP) is 2.93. The second kappa shape index (κ2) is 4.09. The lowest BCUT2D eigenvalue weighted by Crippen LogP contribution is -2.28. The van der Waals surface area contributed by atoms with Gasteiger partial charge in [-0.3, -0.25) is 0 Å². The van der Waals surface area contributed by atoms with Crippen LogP contribution >= 0.6 is 11.3 Å². The van der Waals surface area contributed by atoms with Gasteiger partial charge >= 0.3 is 0 Å². The average molecular weight is 247 g/mol. The van der Waals surface area contributed by atoms with Crippen LogP contribution in [0.4, 0.5) is 0 Å². The number of hydrogen-bond acceptors (Lipinski definition) is 3. The van der Waals surface area contributed by atoms with Crippen LogP contribution in [0.1, 0.15) is 24.4 Å². The van der Waals surface area contributed by atoms with E-state index in [9.17, 15) is 5.11 Å². The van der Waals surface area contributed by atoms with Gasteiger partial charge in [-0.25, -0.2) is 0 Å². The third-order valence-corrected chi connectivity index (χ3v) is 4.91. The Morgan fingerprint density at radius 3 is 2.82 bits per heavy atom. The number of aliphatic hydroxyl groups excluding tert-OH is 1. The van der Waals surface area contributed by atoms with Gasteiger partial charge in [-0.15, -0.1) is 11.3 Å². The van der Waals surface area contributed by atoms with Crippen molar-refractivity contribution in [2.24, 2.45) is 5.41 Å². The van der Waals surface area contributed by atoms with E-state index >= 15 is 0 Å². The molecule has 2 aromatic rings. The summed E-state index contributed by atoms with van der Waals surface area (Å²) in [6, 6.07) is 8.79. The molecule has 1 aromatic heterocycles. The van der Waals surface area contributed by atoms with Crippen molar-refractivity contribution >= 4 is 21.4 Å². The van der Waals surface area contributed by atoms with Crippen LogP contribution in [-0.4, -0.2) is 18.8 Å². The van der Waals surface area contributed by atoms with Gasteiger partial charge in [0.2, 0.25) is 0 Å². The molecular weight excluding hydrogens is 230 g/mol. The lowest BCUT2D eigenvalue weighted by atomic mass is 9.90. The van der Waals surface area contributed by atoms with Crippen LogP contribution in [0.15, 0.2) is 29.6 Å². The fourth-order valence-electron chi connectivity index (χ4n) is 2.71. The molecule has 1 aliphatic carbocycles. The van der Waals surface area contributed by atoms with Crippen molar-refractivity contribution in [1.29, 1.82) is 0 Å². The van der Waals surface area contributed by atoms with E-state index in [1.807, 2.05) is 7.05 Å². The molecule has 17 heavy (non-hydrogen) atoms. The molecule has 1 fully saturated rings. The van der Waals surface area contributed by atoms with Crippen LogP contribution in [-0.2, 0) is 0 Å². The first-order chi connectivity index (χ1) is 8.30. The first-order valence-electron chi connectivity index (χ1n) is 6.05. The van der Waals surface area contributed by atoms with Crippen LogP contribution in [0.3, 0.4) is 0 Å². The zero-order chi connectivity index (χ0) is 11.9. The molecule has 0 spiro atoms. The van der Waals surface area contributed by atoms with Gasteiger partial charge in [0.25, 0.3) is 0 Å². The summed E-state index contributed by atoms with van der Waals surface area (Å²) >= 11 is 1.79. The third-order valence-electron chi connectivity index (χ3n) is 3.93. The summed E-state index contributed by atoms with van der Waals surface area (Å²) in [5.41, 5.74) is 1.43. The Balaban J connectivity index is 2.07. The first-order valence-corrected chi connectivity index (χ1v) is 6.93. The number of nitrogens with one attached hydrogen (secondary N) is 1. The lowest BCUT2D eigenvalue weighted by molar-refractivity contribution is 0.176. The number of aliphatic hydroxyl groups is 1. The molecule has 0 aliphatic heterocycles. The Morgan fingerprint density at radius 1 is 1.41 bits per heavy atom. The largest absolute Gasteiger partial charge is 0.396 e. The van der Waals surface area contributed by atoms with Crippen molar-refractivity contribution in [3.63, 3.8) is 0 Å². The smallest absolute Gasteiger partial charge is 0.0505 e. The van der Waals surface area contributed by atoms with Crippen molar-refractivity contribution in [2.75, 3.05) is 13.7 Å². The normalized spacial score (nSPS) is 19.4. The topological polar surface area (TPSA) is 32.3 Å². The standard InChI is InChI=1S/C14H17NOS/c1-15-13(14(9-16)6-7-14)11-8-17-12-5-3-2-4-10(11)12/h2-5,8,13,15-16H,6-7,9H2,1H3. The number of rotatable bonds is 4. The van der Waals surface area contributed by atoms with Crippen LogP contribution < -0.4 is 5.32 Å². The molecule has 1 aromatic carbocycles. The number of benzene rings is 1. The number of fused-ring (bicyclic) bond motifs is 1. The van der Waals surface area contributed by atoms with E-state index in [1.54, 1.807) is 11.3 Å². The molecule has 1 aliphatic rings. The quantitative estimate of drug-likeness (QED) is 0.870. The van der Waals surface area contributed by atoms with Gasteiger partial charge in [0, 0.05) is 16.2 Å². The van der Waals surface area contributed by atoms with E-state index in [2.05, 4.69) is 35.0 Å². The first kappa shape index (κ1) is 11.2. The highest BCUT2D eigenvalue weighted by atomic mass is 32.1. The van der Waals surface area contributed by atoms with Crippen LogP contribution in [0, 0.1) is 5.41 Å². The highest BCUT2D eigenvalue weighted by Gasteiger charge is 2.49. The van der Waals surface area contributed by atoms with E-state index in [4.69, 9.17) is 0 Å². The number of thiophene rings is 1. The maximum atomic E-state index is 9.59. The molecule has 0 bridgehead atoms. The van der Waals surface area contributed by atoms with Gasteiger partial charge in [0.1, 0.15) is 0 Å². The molecule has 1 heterocycles. The number of hydrogen-bond donors (Lipinski definition) is 2. The fourth-order valence-corrected chi connectivity index (χ4v) is 3.70. The summed E-state index contributed by atoms with van der Waals surface area (Å²) < 4.78 is 1.33. The molecule has 1 atom stereocenters. The molecule has 2 nitrogen and oxygen atoms in total. The molecule has 1 saturated carbocycles. The Labute approximate surface area is 105 Å². The van der Waals surface area contributed by atoms with Crippen molar-refractivity contribution < 1.29 is 5.11 Å². The molecule has 0 radical (unpaired) electrons. The minimum Gasteiger partial charge on any atom is -0.396 e. The molecule has 0 amide bonds. The summed E-state index contributed by atoms with van der Waals surface area (Å²) in [6.45, 7) is 0.280. The Hall–Kier alpha value is -0.900. The van der Waals surface area contributed by atoms with Crippen molar-refractivity contribution in [1.82, 2.24) is 5.32 Å². The molecule has 1 unspecified atom stereocenters. The van der Waals surface area contributed by atoms with Crippen molar-refractivity contribution in [3.8, 4) is 0 Å². The van der Waals surface area contributed by atoms with E-state index < -0.39 is 0 Å². The zero-order valence-electron chi connectivity index (χ0n) is 9.94. The van der Waals surface area contributed by atoms with Gasteiger partial charge in [0.15, 0.2) is 0 Å². The molecule has 90 valence electrons. The Bertz CT molecular complexity index is 530. The predicted molar refractivity (Wildman–Crippen MR) is 72.4 cm³/mol. The zero-order valence-corrected chi connectivity index (χ0v) is 10.8. The minimum atomic E-state index is 0.0819. The van der Waals surface area contributed by atoms with E-state index in [0.29, 0.717) is 0 Å². The van der Waals surface area contributed by atoms with Crippen LogP contribution in [0.25, 0.3) is 10.1 Å². The summed E-state index contributed by atoms with van der Waals surface area (Å²) in [5, 5.41) is 16.6. The van der Waals surface area contributed by atoms with Gasteiger partial charge in [-0.1, -0.05) is 18.2 Å². The van der Waals surface area contributed by atoms with Gasteiger partial charge in [-0.05, 0) is 42.3 Å². The second-order valence-electron chi connectivity index (χ2n) is 4.93. The summed E-state index contributed by atoms with van der Waals surface area (Å²) in [5.74, 6) is 0. The fraction of sp³-hybridized carbons (Fsp3) is 0.429. The second-order valence-corrected chi connectivity index (χ2v) is 5.84. The molecular formula is C14H17NOS. The van der Waals surface area contributed by atoms with E-state index in [-0.39, 0.29) is 18.1 Å². The summed E-state index contributed by atoms with van der Waals surface area (Å²) in [6.07, 6.45) is 2.25. The van der Waals surface area contributed by atoms with Crippen LogP contribution in [0.5, 0.6) is 0 Å². The van der Waals surface area contributed by atoms with Crippen LogP contribution in [0.2, 0.25) is 0 Å². The molecule has 3 rings (SSSR count). The Morgan fingerprint density at radius 2 is 2.18 bits per heavy atom. The van der Waals surface area contributed by atoms with Crippen molar-refractivity contribution in [2.45, 2.75) is 18.9 Å². The maximum Gasteiger partial charge on any atom is 0.0505 e. The summed E-state index contributed by atoms with van der Waals surface area (Å²) in [4.78, 5) is 0.